The number of hydrogen-bond acceptors (Lipinski definition) is 5. The Morgan fingerprint density at radius 2 is 2.00 bits per heavy atom. The van der Waals surface area contributed by atoms with Crippen molar-refractivity contribution >= 4 is 28.9 Å². The summed E-state index contributed by atoms with van der Waals surface area (Å²) in [6.45, 7) is 3.18. The van der Waals surface area contributed by atoms with Crippen LogP contribution in [0.1, 0.15) is 14.5 Å². The number of Topliss-reactive ketones (excluding diaryl/α,β-unsaturated/α-hetero) is 1. The minimum atomic E-state index is 0.169. The van der Waals surface area contributed by atoms with Gasteiger partial charge in [-0.15, -0.1) is 23.1 Å². The van der Waals surface area contributed by atoms with Crippen LogP contribution in [-0.4, -0.2) is 24.7 Å². The average molecular weight is 306 g/mol. The standard InChI is InChI=1S/C15H14O3S2/c1-10-2-5-15(20-10)12(16)9-19-11-3-4-13-14(8-11)18-7-6-17-13/h2-5,8H,6-7,9H2,1H3. The molecule has 1 aromatic carbocycles. The van der Waals surface area contributed by atoms with E-state index < -0.39 is 0 Å². The lowest BCUT2D eigenvalue weighted by molar-refractivity contribution is 0.102. The third kappa shape index (κ3) is 2.99. The molecule has 0 unspecified atom stereocenters. The van der Waals surface area contributed by atoms with Crippen LogP contribution in [0.25, 0.3) is 0 Å². The SMILES string of the molecule is Cc1ccc(C(=O)CSc2ccc3c(c2)OCCO3)s1. The molecule has 1 aliphatic rings. The molecule has 0 saturated heterocycles. The number of aryl methyl sites for hydroxylation is 1. The maximum absolute atomic E-state index is 12.1. The van der Waals surface area contributed by atoms with Crippen LogP contribution in [0.15, 0.2) is 35.2 Å². The first-order valence-electron chi connectivity index (χ1n) is 6.34. The maximum atomic E-state index is 12.1. The van der Waals surface area contributed by atoms with E-state index in [2.05, 4.69) is 0 Å². The first kappa shape index (κ1) is 13.5. The Balaban J connectivity index is 1.65. The number of thiophene rings is 1. The van der Waals surface area contributed by atoms with E-state index in [-0.39, 0.29) is 5.78 Å². The minimum Gasteiger partial charge on any atom is -0.486 e. The second kappa shape index (κ2) is 5.89. The number of hydrogen-bond donors (Lipinski definition) is 0. The fraction of sp³-hybridized carbons (Fsp3) is 0.267. The van der Waals surface area contributed by atoms with Crippen molar-refractivity contribution in [3.63, 3.8) is 0 Å². The van der Waals surface area contributed by atoms with Gasteiger partial charge < -0.3 is 9.47 Å². The van der Waals surface area contributed by atoms with Crippen molar-refractivity contribution in [2.75, 3.05) is 19.0 Å². The molecule has 3 rings (SSSR count). The zero-order valence-electron chi connectivity index (χ0n) is 11.0. The monoisotopic (exact) mass is 306 g/mol. The topological polar surface area (TPSA) is 35.5 Å². The van der Waals surface area contributed by atoms with E-state index in [0.29, 0.717) is 19.0 Å². The second-order valence-corrected chi connectivity index (χ2v) is 6.76. The molecule has 20 heavy (non-hydrogen) atoms. The van der Waals surface area contributed by atoms with E-state index in [4.69, 9.17) is 9.47 Å². The second-order valence-electron chi connectivity index (χ2n) is 4.43. The third-order valence-electron chi connectivity index (χ3n) is 2.90. The lowest BCUT2D eigenvalue weighted by Gasteiger charge is -2.18. The highest BCUT2D eigenvalue weighted by atomic mass is 32.2. The van der Waals surface area contributed by atoms with Crippen LogP contribution >= 0.6 is 23.1 Å². The summed E-state index contributed by atoms with van der Waals surface area (Å²) in [6, 6.07) is 9.67. The summed E-state index contributed by atoms with van der Waals surface area (Å²) in [7, 11) is 0. The van der Waals surface area contributed by atoms with Gasteiger partial charge >= 0.3 is 0 Å². The van der Waals surface area contributed by atoms with Gasteiger partial charge in [0.15, 0.2) is 17.3 Å². The molecule has 0 aliphatic carbocycles. The molecule has 104 valence electrons. The van der Waals surface area contributed by atoms with E-state index >= 15 is 0 Å². The molecule has 0 atom stereocenters. The van der Waals surface area contributed by atoms with Gasteiger partial charge in [0.2, 0.25) is 0 Å². The number of thioether (sulfide) groups is 1. The highest BCUT2D eigenvalue weighted by Gasteiger charge is 2.13. The molecule has 5 heteroatoms. The number of benzene rings is 1. The van der Waals surface area contributed by atoms with Crippen LogP contribution in [-0.2, 0) is 0 Å². The summed E-state index contributed by atoms with van der Waals surface area (Å²) in [5.41, 5.74) is 0. The summed E-state index contributed by atoms with van der Waals surface area (Å²) in [4.78, 5) is 15.1. The fourth-order valence-corrected chi connectivity index (χ4v) is 3.62. The normalized spacial score (nSPS) is 13.2. The molecule has 3 nitrogen and oxygen atoms in total. The molecule has 1 aromatic heterocycles. The van der Waals surface area contributed by atoms with Gasteiger partial charge in [0.25, 0.3) is 0 Å². The zero-order valence-corrected chi connectivity index (χ0v) is 12.7. The van der Waals surface area contributed by atoms with Crippen LogP contribution in [0.3, 0.4) is 0 Å². The number of rotatable bonds is 4. The smallest absolute Gasteiger partial charge is 0.182 e. The molecule has 2 aromatic rings. The Morgan fingerprint density at radius 3 is 2.75 bits per heavy atom. The van der Waals surface area contributed by atoms with Crippen molar-refractivity contribution in [3.05, 3.63) is 40.1 Å². The van der Waals surface area contributed by atoms with Crippen LogP contribution in [0.5, 0.6) is 11.5 Å². The molecular weight excluding hydrogens is 292 g/mol. The molecule has 0 spiro atoms. The Hall–Kier alpha value is -1.46. The van der Waals surface area contributed by atoms with E-state index in [0.717, 1.165) is 26.1 Å². The van der Waals surface area contributed by atoms with Crippen molar-refractivity contribution in [2.24, 2.45) is 0 Å². The largest absolute Gasteiger partial charge is 0.486 e. The number of carbonyl (C=O) groups is 1. The number of fused-ring (bicyclic) bond motifs is 1. The van der Waals surface area contributed by atoms with Crippen molar-refractivity contribution in [1.82, 2.24) is 0 Å². The van der Waals surface area contributed by atoms with Gasteiger partial charge in [-0.05, 0) is 37.3 Å². The minimum absolute atomic E-state index is 0.169. The quantitative estimate of drug-likeness (QED) is 0.636. The first-order chi connectivity index (χ1) is 9.72. The lowest BCUT2D eigenvalue weighted by atomic mass is 10.3. The number of ether oxygens (including phenoxy) is 2. The molecule has 0 saturated carbocycles. The fourth-order valence-electron chi connectivity index (χ4n) is 1.92. The molecule has 1 aliphatic heterocycles. The molecule has 0 amide bonds. The Kier molecular flexibility index (Phi) is 3.98. The predicted octanol–water partition coefficient (Wildman–Crippen LogP) is 3.80. The molecule has 2 heterocycles. The van der Waals surface area contributed by atoms with Gasteiger partial charge in [-0.1, -0.05) is 0 Å². The maximum Gasteiger partial charge on any atom is 0.182 e. The molecular formula is C15H14O3S2. The van der Waals surface area contributed by atoms with Crippen LogP contribution < -0.4 is 9.47 Å². The first-order valence-corrected chi connectivity index (χ1v) is 8.15. The van der Waals surface area contributed by atoms with Gasteiger partial charge in [-0.25, -0.2) is 0 Å². The third-order valence-corrected chi connectivity index (χ3v) is 4.93. The van der Waals surface area contributed by atoms with E-state index in [1.165, 1.54) is 11.8 Å². The summed E-state index contributed by atoms with van der Waals surface area (Å²) < 4.78 is 11.0. The predicted molar refractivity (Wildman–Crippen MR) is 81.5 cm³/mol. The number of carbonyl (C=O) groups excluding carboxylic acids is 1. The lowest BCUT2D eigenvalue weighted by Crippen LogP contribution is -2.15. The van der Waals surface area contributed by atoms with Crippen LogP contribution in [0.2, 0.25) is 0 Å². The zero-order chi connectivity index (χ0) is 13.9. The van der Waals surface area contributed by atoms with Gasteiger partial charge in [-0.3, -0.25) is 4.79 Å². The summed E-state index contributed by atoms with van der Waals surface area (Å²) >= 11 is 3.07. The van der Waals surface area contributed by atoms with Crippen molar-refractivity contribution in [2.45, 2.75) is 11.8 Å². The molecule has 0 N–H and O–H groups in total. The highest BCUT2D eigenvalue weighted by Crippen LogP contribution is 2.34. The van der Waals surface area contributed by atoms with Gasteiger partial charge in [0.1, 0.15) is 13.2 Å². The van der Waals surface area contributed by atoms with Crippen molar-refractivity contribution < 1.29 is 14.3 Å². The van der Waals surface area contributed by atoms with Gasteiger partial charge in [-0.2, -0.15) is 0 Å². The summed E-state index contributed by atoms with van der Waals surface area (Å²) in [6.07, 6.45) is 0. The number of ketones is 1. The average Bonchev–Trinajstić information content (AvgIpc) is 2.91. The van der Waals surface area contributed by atoms with Crippen LogP contribution in [0.4, 0.5) is 0 Å². The molecule has 0 fully saturated rings. The van der Waals surface area contributed by atoms with E-state index in [1.54, 1.807) is 11.3 Å². The molecule has 0 radical (unpaired) electrons. The Bertz CT molecular complexity index is 634. The van der Waals surface area contributed by atoms with Crippen molar-refractivity contribution in [1.29, 1.82) is 0 Å². The van der Waals surface area contributed by atoms with Crippen LogP contribution in [0, 0.1) is 6.92 Å². The van der Waals surface area contributed by atoms with Gasteiger partial charge in [0, 0.05) is 9.77 Å². The highest BCUT2D eigenvalue weighted by molar-refractivity contribution is 8.00. The van der Waals surface area contributed by atoms with Crippen molar-refractivity contribution in [3.8, 4) is 11.5 Å². The van der Waals surface area contributed by atoms with E-state index in [9.17, 15) is 4.79 Å². The Labute approximate surface area is 125 Å². The summed E-state index contributed by atoms with van der Waals surface area (Å²) in [5.74, 6) is 2.16. The summed E-state index contributed by atoms with van der Waals surface area (Å²) in [5, 5.41) is 0. The van der Waals surface area contributed by atoms with Gasteiger partial charge in [0.05, 0.1) is 10.6 Å². The Morgan fingerprint density at radius 1 is 1.20 bits per heavy atom. The molecule has 0 bridgehead atoms. The van der Waals surface area contributed by atoms with E-state index in [1.807, 2.05) is 37.3 Å².